The van der Waals surface area contributed by atoms with E-state index in [2.05, 4.69) is 53.4 Å². The summed E-state index contributed by atoms with van der Waals surface area (Å²) in [5.74, 6) is 2.17. The van der Waals surface area contributed by atoms with Crippen LogP contribution in [0.4, 0.5) is 17.1 Å². The summed E-state index contributed by atoms with van der Waals surface area (Å²) >= 11 is 0. The summed E-state index contributed by atoms with van der Waals surface area (Å²) in [6, 6.07) is 40.1. The molecule has 1 amide bonds. The summed E-state index contributed by atoms with van der Waals surface area (Å²) in [6.07, 6.45) is 3.61. The number of nitriles is 1. The van der Waals surface area contributed by atoms with E-state index in [-0.39, 0.29) is 55.7 Å². The number of anilines is 1. The lowest BCUT2D eigenvalue weighted by Gasteiger charge is -2.46. The molecule has 5 aromatic rings. The second-order valence-corrected chi connectivity index (χ2v) is 22.9. The maximum Gasteiger partial charge on any atom is 0.259 e. The van der Waals surface area contributed by atoms with Crippen LogP contribution in [0.25, 0.3) is 0 Å². The van der Waals surface area contributed by atoms with E-state index in [1.165, 1.54) is 12.1 Å². The van der Waals surface area contributed by atoms with E-state index in [0.29, 0.717) is 80.2 Å². The Kier molecular flexibility index (Phi) is 22.2. The van der Waals surface area contributed by atoms with Crippen molar-refractivity contribution in [1.82, 2.24) is 14.3 Å². The van der Waals surface area contributed by atoms with Gasteiger partial charge in [-0.2, -0.15) is 15.5 Å². The quantitative estimate of drug-likeness (QED) is 0.0208. The molecule has 0 radical (unpaired) electrons. The van der Waals surface area contributed by atoms with Crippen LogP contribution >= 0.6 is 8.53 Å². The summed E-state index contributed by atoms with van der Waals surface area (Å²) in [5.41, 5.74) is 3.21. The van der Waals surface area contributed by atoms with Crippen molar-refractivity contribution >= 4 is 41.5 Å². The van der Waals surface area contributed by atoms with E-state index in [9.17, 15) is 18.5 Å². The highest BCUT2D eigenvalue weighted by Crippen LogP contribution is 2.50. The first-order valence-corrected chi connectivity index (χ1v) is 28.5. The van der Waals surface area contributed by atoms with Crippen LogP contribution in [0.5, 0.6) is 17.2 Å². The number of sulfonamides is 1. The summed E-state index contributed by atoms with van der Waals surface area (Å²) in [6.45, 7) is 10.4. The highest BCUT2D eigenvalue weighted by Gasteiger charge is 2.44. The average molecular weight is 1080 g/mol. The molecule has 0 bridgehead atoms. The molecule has 408 valence electrons. The molecule has 0 aliphatic carbocycles. The maximum absolute atomic E-state index is 13.9. The van der Waals surface area contributed by atoms with Crippen LogP contribution in [0.3, 0.4) is 0 Å². The smallest absolute Gasteiger partial charge is 0.259 e. The van der Waals surface area contributed by atoms with Gasteiger partial charge in [-0.15, -0.1) is 0 Å². The fourth-order valence-corrected chi connectivity index (χ4v) is 12.0. The molecular weight excluding hydrogens is 1000 g/mol. The number of hydrogen-bond acceptors (Lipinski definition) is 14. The molecule has 76 heavy (non-hydrogen) atoms. The van der Waals surface area contributed by atoms with Crippen molar-refractivity contribution in [2.45, 2.75) is 95.2 Å². The Hall–Kier alpha value is -5.96. The van der Waals surface area contributed by atoms with E-state index in [1.807, 2.05) is 121 Å². The Bertz CT molecular complexity index is 2620. The third kappa shape index (κ3) is 15.8. The molecule has 0 aromatic heterocycles. The van der Waals surface area contributed by atoms with Gasteiger partial charge in [0.15, 0.2) is 0 Å². The molecule has 1 fully saturated rings. The second-order valence-electron chi connectivity index (χ2n) is 19.7. The van der Waals surface area contributed by atoms with Gasteiger partial charge in [-0.25, -0.2) is 17.8 Å². The predicted octanol–water partition coefficient (Wildman–Crippen LogP) is 11.9. The van der Waals surface area contributed by atoms with Crippen LogP contribution in [0, 0.1) is 16.7 Å². The molecule has 18 heteroatoms. The Balaban J connectivity index is 1.15. The van der Waals surface area contributed by atoms with Gasteiger partial charge >= 0.3 is 0 Å². The summed E-state index contributed by atoms with van der Waals surface area (Å²) < 4.78 is 69.0. The molecule has 0 spiro atoms. The van der Waals surface area contributed by atoms with Crippen LogP contribution in [0.15, 0.2) is 136 Å². The first-order valence-electron chi connectivity index (χ1n) is 25.9. The molecule has 1 saturated heterocycles. The van der Waals surface area contributed by atoms with Crippen LogP contribution in [-0.4, -0.2) is 111 Å². The number of nitrogens with zero attached hydrogens (tertiary/aromatic N) is 6. The molecule has 1 aliphatic rings. The zero-order valence-corrected chi connectivity index (χ0v) is 47.3. The number of rotatable bonds is 29. The van der Waals surface area contributed by atoms with Crippen LogP contribution in [0.2, 0.25) is 0 Å². The SMILES string of the molecule is COc1ccc(C(OCC2(COP(OCCC#N)N(C(C)C)C(C)C)CCN(C(=O)CCCCCNS(=O)(=O)c3ccc(/N=N/c4ccc(N(C)C)cc4)cc3)CC2)(c2ccc(OC)cc2)c2ccc(OC)cc2)cc1. The number of unbranched alkanes of at least 4 members (excludes halogenated alkanes) is 2. The third-order valence-corrected chi connectivity index (χ3v) is 17.1. The van der Waals surface area contributed by atoms with Gasteiger partial charge in [0.2, 0.25) is 15.9 Å². The molecule has 1 aliphatic heterocycles. The third-order valence-electron chi connectivity index (χ3n) is 13.6. The first kappa shape index (κ1) is 59.3. The van der Waals surface area contributed by atoms with Gasteiger partial charge in [0.1, 0.15) is 22.8 Å². The maximum atomic E-state index is 13.9. The van der Waals surface area contributed by atoms with Crippen molar-refractivity contribution in [3.05, 3.63) is 138 Å². The molecule has 1 N–H and O–H groups in total. The Morgan fingerprint density at radius 1 is 0.711 bits per heavy atom. The average Bonchev–Trinajstić information content (AvgIpc) is 3.44. The van der Waals surface area contributed by atoms with Gasteiger partial charge in [0, 0.05) is 63.3 Å². The van der Waals surface area contributed by atoms with Crippen molar-refractivity contribution in [1.29, 1.82) is 5.26 Å². The monoisotopic (exact) mass is 1080 g/mol. The first-order chi connectivity index (χ1) is 36.6. The predicted molar refractivity (Wildman–Crippen MR) is 299 cm³/mol. The van der Waals surface area contributed by atoms with E-state index < -0.39 is 29.6 Å². The van der Waals surface area contributed by atoms with E-state index in [0.717, 1.165) is 22.4 Å². The number of piperidine rings is 1. The normalized spacial score (nSPS) is 14.3. The number of azo groups is 1. The number of carbonyl (C=O) groups is 1. The van der Waals surface area contributed by atoms with Gasteiger partial charge in [-0.05, 0) is 155 Å². The van der Waals surface area contributed by atoms with Crippen LogP contribution in [-0.2, 0) is 34.2 Å². The molecule has 16 nitrogen and oxygen atoms in total. The zero-order valence-electron chi connectivity index (χ0n) is 45.6. The Labute approximate surface area is 452 Å². The van der Waals surface area contributed by atoms with Crippen LogP contribution < -0.4 is 23.8 Å². The van der Waals surface area contributed by atoms with Crippen molar-refractivity contribution < 1.29 is 41.2 Å². The fourth-order valence-electron chi connectivity index (χ4n) is 9.21. The summed E-state index contributed by atoms with van der Waals surface area (Å²) in [4.78, 5) is 18.0. The molecule has 1 heterocycles. The van der Waals surface area contributed by atoms with Gasteiger partial charge in [-0.3, -0.25) is 4.79 Å². The number of methoxy groups -OCH3 is 3. The lowest BCUT2D eigenvalue weighted by atomic mass is 9.77. The van der Waals surface area contributed by atoms with Crippen LogP contribution in [0.1, 0.15) is 89.3 Å². The van der Waals surface area contributed by atoms with Crippen molar-refractivity contribution in [2.24, 2.45) is 15.6 Å². The lowest BCUT2D eigenvalue weighted by Crippen LogP contribution is -2.48. The van der Waals surface area contributed by atoms with E-state index >= 15 is 0 Å². The van der Waals surface area contributed by atoms with Crippen molar-refractivity contribution in [3.63, 3.8) is 0 Å². The number of amides is 1. The van der Waals surface area contributed by atoms with Crippen molar-refractivity contribution in [2.75, 3.05) is 79.8 Å². The molecule has 0 saturated carbocycles. The lowest BCUT2D eigenvalue weighted by molar-refractivity contribution is -0.136. The number of likely N-dealkylation sites (tertiary alicyclic amines) is 1. The fraction of sp³-hybridized carbons (Fsp3) is 0.448. The Morgan fingerprint density at radius 2 is 1.20 bits per heavy atom. The highest BCUT2D eigenvalue weighted by atomic mass is 32.2. The zero-order chi connectivity index (χ0) is 54.7. The van der Waals surface area contributed by atoms with E-state index in [1.54, 1.807) is 33.5 Å². The topological polar surface area (TPSA) is 177 Å². The van der Waals surface area contributed by atoms with E-state index in [4.69, 9.17) is 28.0 Å². The molecule has 6 rings (SSSR count). The Morgan fingerprint density at radius 3 is 1.64 bits per heavy atom. The minimum atomic E-state index is -3.75. The van der Waals surface area contributed by atoms with Gasteiger partial charge in [-0.1, -0.05) is 42.8 Å². The number of nitrogens with one attached hydrogen (secondary N) is 1. The van der Waals surface area contributed by atoms with Crippen molar-refractivity contribution in [3.8, 4) is 23.3 Å². The molecular formula is C58H76N7O9PS. The number of benzene rings is 5. The minimum absolute atomic E-state index is 0.0516. The number of hydrogen-bond donors (Lipinski definition) is 1. The van der Waals surface area contributed by atoms with Gasteiger partial charge < -0.3 is 37.8 Å². The number of carbonyl (C=O) groups excluding carboxylic acids is 1. The highest BCUT2D eigenvalue weighted by molar-refractivity contribution is 7.89. The molecule has 5 aromatic carbocycles. The minimum Gasteiger partial charge on any atom is -0.497 e. The largest absolute Gasteiger partial charge is 0.497 e. The summed E-state index contributed by atoms with van der Waals surface area (Å²) in [5, 5.41) is 18.0. The number of ether oxygens (including phenoxy) is 4. The summed E-state index contributed by atoms with van der Waals surface area (Å²) in [7, 11) is 3.54. The van der Waals surface area contributed by atoms with Gasteiger partial charge in [0.05, 0.1) is 69.9 Å². The second kappa shape index (κ2) is 28.4. The standard InChI is InChI=1S/C58H76N7O9PS/c1-44(2)65(45(3)4)75(73-41-13-37-59)74-43-57(42-72-58(46-15-27-52(69-7)28-16-46,47-17-29-53(70-8)30-18-47)48-19-31-54(71-9)32-20-48)35-39-64(40-36-57)56(66)14-11-10-12-38-60-76(67,68)55-33-23-50(24-34-55)62-61-49-21-25-51(26-22-49)63(5)6/h15-34,44-45,60H,10-14,35-36,38-43H2,1-9H3/b62-61+. The van der Waals surface area contributed by atoms with Gasteiger partial charge in [0.25, 0.3) is 8.53 Å². The molecule has 1 atom stereocenters. The molecule has 1 unspecified atom stereocenters.